The fourth-order valence-corrected chi connectivity index (χ4v) is 2.88. The van der Waals surface area contributed by atoms with Gasteiger partial charge in [-0.1, -0.05) is 54.8 Å². The van der Waals surface area contributed by atoms with E-state index in [1.807, 2.05) is 18.2 Å². The van der Waals surface area contributed by atoms with Crippen LogP contribution in [0.3, 0.4) is 0 Å². The fourth-order valence-electron chi connectivity index (χ4n) is 2.88. The van der Waals surface area contributed by atoms with Gasteiger partial charge in [0.1, 0.15) is 0 Å². The van der Waals surface area contributed by atoms with E-state index in [2.05, 4.69) is 22.3 Å². The maximum absolute atomic E-state index is 6.17. The largest absolute Gasteiger partial charge is 0.338 e. The predicted octanol–water partition coefficient (Wildman–Crippen LogP) is 3.36. The summed E-state index contributed by atoms with van der Waals surface area (Å²) in [6.45, 7) is 0. The topological polar surface area (TPSA) is 64.9 Å². The summed E-state index contributed by atoms with van der Waals surface area (Å²) in [4.78, 5) is 4.53. The zero-order valence-corrected chi connectivity index (χ0v) is 11.7. The molecule has 0 saturated heterocycles. The molecular formula is C16H21N3O. The summed E-state index contributed by atoms with van der Waals surface area (Å²) in [7, 11) is 0. The van der Waals surface area contributed by atoms with Crippen LogP contribution in [0.1, 0.15) is 61.3 Å². The van der Waals surface area contributed by atoms with Crippen molar-refractivity contribution in [3.63, 3.8) is 0 Å². The van der Waals surface area contributed by atoms with Gasteiger partial charge in [-0.3, -0.25) is 0 Å². The summed E-state index contributed by atoms with van der Waals surface area (Å²) in [6.07, 6.45) is 6.94. The van der Waals surface area contributed by atoms with E-state index < -0.39 is 0 Å². The van der Waals surface area contributed by atoms with Crippen molar-refractivity contribution < 1.29 is 4.52 Å². The van der Waals surface area contributed by atoms with Gasteiger partial charge in [0, 0.05) is 5.92 Å². The lowest BCUT2D eigenvalue weighted by atomic mass is 9.89. The molecule has 0 bridgehead atoms. The van der Waals surface area contributed by atoms with Crippen LogP contribution in [0.25, 0.3) is 0 Å². The van der Waals surface area contributed by atoms with Gasteiger partial charge in [-0.15, -0.1) is 0 Å². The Bertz CT molecular complexity index is 532. The Morgan fingerprint density at radius 2 is 1.90 bits per heavy atom. The number of nitrogens with two attached hydrogens (primary N) is 1. The molecule has 0 aliphatic heterocycles. The molecule has 1 aliphatic carbocycles. The van der Waals surface area contributed by atoms with Crippen molar-refractivity contribution in [2.45, 2.75) is 50.5 Å². The van der Waals surface area contributed by atoms with Crippen LogP contribution in [-0.4, -0.2) is 10.1 Å². The highest BCUT2D eigenvalue weighted by Gasteiger charge is 2.22. The summed E-state index contributed by atoms with van der Waals surface area (Å²) in [6, 6.07) is 9.95. The lowest BCUT2D eigenvalue weighted by molar-refractivity contribution is 0.341. The predicted molar refractivity (Wildman–Crippen MR) is 77.2 cm³/mol. The van der Waals surface area contributed by atoms with E-state index in [0.717, 1.165) is 12.2 Å². The van der Waals surface area contributed by atoms with Crippen molar-refractivity contribution in [1.29, 1.82) is 0 Å². The summed E-state index contributed by atoms with van der Waals surface area (Å²) < 4.78 is 5.37. The highest BCUT2D eigenvalue weighted by Crippen LogP contribution is 2.31. The highest BCUT2D eigenvalue weighted by molar-refractivity contribution is 5.16. The van der Waals surface area contributed by atoms with E-state index >= 15 is 0 Å². The SMILES string of the molecule is NC(Cc1ccccc1)c1nc(C2CCCCC2)no1. The van der Waals surface area contributed by atoms with E-state index in [4.69, 9.17) is 10.3 Å². The summed E-state index contributed by atoms with van der Waals surface area (Å²) in [5.41, 5.74) is 7.37. The van der Waals surface area contributed by atoms with Crippen LogP contribution in [0, 0.1) is 0 Å². The molecule has 1 aromatic carbocycles. The second-order valence-electron chi connectivity index (χ2n) is 5.62. The molecule has 1 aliphatic rings. The third-order valence-corrected chi connectivity index (χ3v) is 4.04. The van der Waals surface area contributed by atoms with Crippen LogP contribution in [0.4, 0.5) is 0 Å². The Morgan fingerprint density at radius 3 is 2.65 bits per heavy atom. The van der Waals surface area contributed by atoms with Crippen LogP contribution >= 0.6 is 0 Å². The standard InChI is InChI=1S/C16H21N3O/c17-14(11-12-7-3-1-4-8-12)16-18-15(19-20-16)13-9-5-2-6-10-13/h1,3-4,7-8,13-14H,2,5-6,9-11,17H2. The summed E-state index contributed by atoms with van der Waals surface area (Å²) >= 11 is 0. The molecule has 1 saturated carbocycles. The van der Waals surface area contributed by atoms with Gasteiger partial charge < -0.3 is 10.3 Å². The van der Waals surface area contributed by atoms with E-state index in [-0.39, 0.29) is 6.04 Å². The smallest absolute Gasteiger partial charge is 0.243 e. The summed E-state index contributed by atoms with van der Waals surface area (Å²) in [5, 5.41) is 4.14. The number of nitrogens with zero attached hydrogens (tertiary/aromatic N) is 2. The lowest BCUT2D eigenvalue weighted by Gasteiger charge is -2.17. The van der Waals surface area contributed by atoms with Crippen molar-refractivity contribution in [3.8, 4) is 0 Å². The molecule has 0 spiro atoms. The van der Waals surface area contributed by atoms with Gasteiger partial charge in [-0.05, 0) is 24.8 Å². The molecule has 1 fully saturated rings. The van der Waals surface area contributed by atoms with E-state index in [1.54, 1.807) is 0 Å². The maximum Gasteiger partial charge on any atom is 0.243 e. The zero-order chi connectivity index (χ0) is 13.8. The Labute approximate surface area is 119 Å². The molecule has 1 unspecified atom stereocenters. The minimum Gasteiger partial charge on any atom is -0.338 e. The molecule has 106 valence electrons. The van der Waals surface area contributed by atoms with Gasteiger partial charge in [0.2, 0.25) is 5.89 Å². The molecule has 1 heterocycles. The normalized spacial score (nSPS) is 18.1. The van der Waals surface area contributed by atoms with Crippen molar-refractivity contribution in [1.82, 2.24) is 10.1 Å². The number of hydrogen-bond acceptors (Lipinski definition) is 4. The van der Waals surface area contributed by atoms with Gasteiger partial charge in [0.05, 0.1) is 6.04 Å². The van der Waals surface area contributed by atoms with Gasteiger partial charge in [-0.25, -0.2) is 0 Å². The average Bonchev–Trinajstić information content (AvgIpc) is 2.99. The molecule has 1 atom stereocenters. The zero-order valence-electron chi connectivity index (χ0n) is 11.7. The van der Waals surface area contributed by atoms with Crippen LogP contribution in [0.5, 0.6) is 0 Å². The van der Waals surface area contributed by atoms with Crippen LogP contribution in [0.2, 0.25) is 0 Å². The Balaban J connectivity index is 1.66. The first kappa shape index (κ1) is 13.3. The number of benzene rings is 1. The van der Waals surface area contributed by atoms with E-state index in [9.17, 15) is 0 Å². The molecule has 20 heavy (non-hydrogen) atoms. The first-order valence-electron chi connectivity index (χ1n) is 7.46. The average molecular weight is 271 g/mol. The van der Waals surface area contributed by atoms with E-state index in [0.29, 0.717) is 11.8 Å². The lowest BCUT2D eigenvalue weighted by Crippen LogP contribution is -2.14. The molecule has 4 nitrogen and oxygen atoms in total. The van der Waals surface area contributed by atoms with Gasteiger partial charge in [0.15, 0.2) is 5.82 Å². The number of rotatable bonds is 4. The van der Waals surface area contributed by atoms with Crippen LogP contribution < -0.4 is 5.73 Å². The molecular weight excluding hydrogens is 250 g/mol. The molecule has 4 heteroatoms. The van der Waals surface area contributed by atoms with Gasteiger partial charge in [0.25, 0.3) is 0 Å². The Kier molecular flexibility index (Phi) is 4.11. The monoisotopic (exact) mass is 271 g/mol. The van der Waals surface area contributed by atoms with Gasteiger partial charge >= 0.3 is 0 Å². The highest BCUT2D eigenvalue weighted by atomic mass is 16.5. The Morgan fingerprint density at radius 1 is 1.15 bits per heavy atom. The third kappa shape index (κ3) is 3.07. The molecule has 3 rings (SSSR count). The second kappa shape index (κ2) is 6.18. The molecule has 2 aromatic rings. The van der Waals surface area contributed by atoms with Crippen molar-refractivity contribution in [3.05, 3.63) is 47.6 Å². The first-order valence-corrected chi connectivity index (χ1v) is 7.46. The maximum atomic E-state index is 6.17. The molecule has 1 aromatic heterocycles. The summed E-state index contributed by atoms with van der Waals surface area (Å²) in [5.74, 6) is 1.88. The van der Waals surface area contributed by atoms with Crippen LogP contribution in [-0.2, 0) is 6.42 Å². The van der Waals surface area contributed by atoms with Gasteiger partial charge in [-0.2, -0.15) is 4.98 Å². The van der Waals surface area contributed by atoms with Crippen molar-refractivity contribution in [2.24, 2.45) is 5.73 Å². The van der Waals surface area contributed by atoms with E-state index in [1.165, 1.54) is 37.7 Å². The minimum atomic E-state index is -0.220. The van der Waals surface area contributed by atoms with Crippen molar-refractivity contribution >= 4 is 0 Å². The molecule has 2 N–H and O–H groups in total. The first-order chi connectivity index (χ1) is 9.83. The third-order valence-electron chi connectivity index (χ3n) is 4.04. The van der Waals surface area contributed by atoms with Crippen molar-refractivity contribution in [2.75, 3.05) is 0 Å². The second-order valence-corrected chi connectivity index (χ2v) is 5.62. The number of hydrogen-bond donors (Lipinski definition) is 1. The Hall–Kier alpha value is -1.68. The minimum absolute atomic E-state index is 0.220. The quantitative estimate of drug-likeness (QED) is 0.926. The van der Waals surface area contributed by atoms with Crippen LogP contribution in [0.15, 0.2) is 34.9 Å². The molecule has 0 radical (unpaired) electrons. The number of aromatic nitrogens is 2. The fraction of sp³-hybridized carbons (Fsp3) is 0.500. The molecule has 0 amide bonds.